The second kappa shape index (κ2) is 5.07. The number of amides is 1. The van der Waals surface area contributed by atoms with Crippen molar-refractivity contribution in [3.63, 3.8) is 0 Å². The molecule has 0 saturated carbocycles. The van der Waals surface area contributed by atoms with Crippen molar-refractivity contribution in [1.29, 1.82) is 0 Å². The molecule has 4 N–H and O–H groups in total. The summed E-state index contributed by atoms with van der Waals surface area (Å²) in [4.78, 5) is 10.2. The van der Waals surface area contributed by atoms with Crippen LogP contribution in [0, 0.1) is 5.41 Å². The second-order valence-corrected chi connectivity index (χ2v) is 4.28. The molecule has 1 atom stereocenters. The second-order valence-electron chi connectivity index (χ2n) is 4.28. The van der Waals surface area contributed by atoms with E-state index >= 15 is 0 Å². The molecule has 1 amide bonds. The molecular weight excluding hydrogens is 168 g/mol. The Kier molecular flexibility index (Phi) is 4.77. The third-order valence-corrected chi connectivity index (χ3v) is 2.02. The van der Waals surface area contributed by atoms with Gasteiger partial charge < -0.3 is 16.2 Å². The van der Waals surface area contributed by atoms with Gasteiger partial charge in [-0.05, 0) is 18.3 Å². The molecule has 0 aromatic heterocycles. The van der Waals surface area contributed by atoms with Crippen LogP contribution < -0.4 is 11.5 Å². The monoisotopic (exact) mass is 188 g/mol. The third-order valence-electron chi connectivity index (χ3n) is 2.02. The van der Waals surface area contributed by atoms with Crippen LogP contribution in [0.2, 0.25) is 0 Å². The van der Waals surface area contributed by atoms with Crippen LogP contribution in [0.25, 0.3) is 0 Å². The zero-order valence-electron chi connectivity index (χ0n) is 8.67. The molecule has 13 heavy (non-hydrogen) atoms. The summed E-state index contributed by atoms with van der Waals surface area (Å²) >= 11 is 0. The highest BCUT2D eigenvalue weighted by atomic mass is 16.5. The van der Waals surface area contributed by atoms with Gasteiger partial charge in [-0.25, -0.2) is 4.79 Å². The number of ether oxygens (including phenoxy) is 1. The van der Waals surface area contributed by atoms with Crippen molar-refractivity contribution >= 4 is 6.09 Å². The fourth-order valence-electron chi connectivity index (χ4n) is 0.909. The van der Waals surface area contributed by atoms with Crippen molar-refractivity contribution in [3.8, 4) is 0 Å². The van der Waals surface area contributed by atoms with Gasteiger partial charge in [0.05, 0.1) is 6.61 Å². The fourth-order valence-corrected chi connectivity index (χ4v) is 0.909. The zero-order valence-corrected chi connectivity index (χ0v) is 8.67. The minimum atomic E-state index is -0.718. The third kappa shape index (κ3) is 6.40. The molecule has 0 aliphatic heterocycles. The summed E-state index contributed by atoms with van der Waals surface area (Å²) in [6.07, 6.45) is 0.891. The van der Waals surface area contributed by atoms with Gasteiger partial charge in [0.25, 0.3) is 0 Å². The molecule has 0 rings (SSSR count). The molecular formula is C9H20N2O2. The maximum atomic E-state index is 10.2. The zero-order chi connectivity index (χ0) is 10.5. The average Bonchev–Trinajstić information content (AvgIpc) is 1.95. The van der Waals surface area contributed by atoms with Gasteiger partial charge in [0.1, 0.15) is 0 Å². The van der Waals surface area contributed by atoms with E-state index in [1.807, 2.05) is 0 Å². The van der Waals surface area contributed by atoms with Gasteiger partial charge in [-0.3, -0.25) is 0 Å². The van der Waals surface area contributed by atoms with Crippen molar-refractivity contribution in [2.24, 2.45) is 16.9 Å². The highest BCUT2D eigenvalue weighted by molar-refractivity contribution is 5.64. The Bertz CT molecular complexity index is 163. The molecule has 0 heterocycles. The van der Waals surface area contributed by atoms with Gasteiger partial charge >= 0.3 is 6.09 Å². The number of hydrogen-bond donors (Lipinski definition) is 2. The Morgan fingerprint density at radius 2 is 2.00 bits per heavy atom. The molecule has 0 spiro atoms. The molecule has 0 radical (unpaired) electrons. The Balaban J connectivity index is 3.49. The van der Waals surface area contributed by atoms with Crippen molar-refractivity contribution in [3.05, 3.63) is 0 Å². The minimum Gasteiger partial charge on any atom is -0.450 e. The maximum absolute atomic E-state index is 10.2. The molecule has 0 aliphatic rings. The molecule has 4 heteroatoms. The summed E-state index contributed by atoms with van der Waals surface area (Å²) in [5.74, 6) is 0. The topological polar surface area (TPSA) is 78.3 Å². The number of carbonyl (C=O) groups excluding carboxylic acids is 1. The summed E-state index contributed by atoms with van der Waals surface area (Å²) in [5, 5.41) is 0. The van der Waals surface area contributed by atoms with Crippen LogP contribution in [0.3, 0.4) is 0 Å². The van der Waals surface area contributed by atoms with Crippen LogP contribution in [0.1, 0.15) is 33.6 Å². The number of carbonyl (C=O) groups is 1. The van der Waals surface area contributed by atoms with Gasteiger partial charge in [-0.2, -0.15) is 0 Å². The molecule has 0 fully saturated rings. The molecule has 78 valence electrons. The van der Waals surface area contributed by atoms with E-state index < -0.39 is 6.09 Å². The van der Waals surface area contributed by atoms with Crippen LogP contribution in [-0.2, 0) is 4.74 Å². The first-order chi connectivity index (χ1) is 5.84. The molecule has 0 aliphatic carbocycles. The van der Waals surface area contributed by atoms with Gasteiger partial charge in [0.15, 0.2) is 0 Å². The van der Waals surface area contributed by atoms with E-state index in [2.05, 4.69) is 25.5 Å². The molecule has 0 bridgehead atoms. The average molecular weight is 188 g/mol. The molecule has 1 unspecified atom stereocenters. The first-order valence-corrected chi connectivity index (χ1v) is 4.52. The van der Waals surface area contributed by atoms with E-state index in [4.69, 9.17) is 11.5 Å². The summed E-state index contributed by atoms with van der Waals surface area (Å²) in [6.45, 7) is 6.63. The van der Waals surface area contributed by atoms with E-state index in [0.29, 0.717) is 6.61 Å². The lowest BCUT2D eigenvalue weighted by Gasteiger charge is -2.26. The largest absolute Gasteiger partial charge is 0.450 e. The Morgan fingerprint density at radius 3 is 2.38 bits per heavy atom. The van der Waals surface area contributed by atoms with Gasteiger partial charge in [0.2, 0.25) is 0 Å². The van der Waals surface area contributed by atoms with Crippen molar-refractivity contribution in [1.82, 2.24) is 0 Å². The van der Waals surface area contributed by atoms with Gasteiger partial charge in [-0.1, -0.05) is 20.8 Å². The SMILES string of the molecule is CC(C)(C)C(N)CCCOC(N)=O. The molecule has 4 nitrogen and oxygen atoms in total. The summed E-state index contributed by atoms with van der Waals surface area (Å²) < 4.78 is 4.59. The molecule has 0 aromatic carbocycles. The lowest BCUT2D eigenvalue weighted by atomic mass is 9.85. The Hall–Kier alpha value is -0.770. The predicted molar refractivity (Wildman–Crippen MR) is 52.2 cm³/mol. The van der Waals surface area contributed by atoms with Gasteiger partial charge in [0, 0.05) is 6.04 Å². The van der Waals surface area contributed by atoms with Crippen molar-refractivity contribution < 1.29 is 9.53 Å². The van der Waals surface area contributed by atoms with Crippen molar-refractivity contribution in [2.75, 3.05) is 6.61 Å². The number of primary amides is 1. The lowest BCUT2D eigenvalue weighted by Crippen LogP contribution is -2.35. The Labute approximate surface area is 79.6 Å². The first kappa shape index (κ1) is 12.2. The predicted octanol–water partition coefficient (Wildman–Crippen LogP) is 1.24. The van der Waals surface area contributed by atoms with E-state index in [1.165, 1.54) is 0 Å². The molecule has 0 saturated heterocycles. The highest BCUT2D eigenvalue weighted by Gasteiger charge is 2.19. The maximum Gasteiger partial charge on any atom is 0.404 e. The van der Waals surface area contributed by atoms with E-state index in [9.17, 15) is 4.79 Å². The van der Waals surface area contributed by atoms with Gasteiger partial charge in [-0.15, -0.1) is 0 Å². The number of rotatable bonds is 4. The quantitative estimate of drug-likeness (QED) is 0.651. The Morgan fingerprint density at radius 1 is 1.46 bits per heavy atom. The van der Waals surface area contributed by atoms with Crippen LogP contribution in [0.5, 0.6) is 0 Å². The smallest absolute Gasteiger partial charge is 0.404 e. The van der Waals surface area contributed by atoms with Crippen LogP contribution in [-0.4, -0.2) is 18.7 Å². The number of nitrogens with two attached hydrogens (primary N) is 2. The summed E-state index contributed by atoms with van der Waals surface area (Å²) in [5.41, 5.74) is 10.8. The lowest BCUT2D eigenvalue weighted by molar-refractivity contribution is 0.151. The standard InChI is InChI=1S/C9H20N2O2/c1-9(2,3)7(10)5-4-6-13-8(11)12/h7H,4-6,10H2,1-3H3,(H2,11,12). The minimum absolute atomic E-state index is 0.104. The first-order valence-electron chi connectivity index (χ1n) is 4.52. The highest BCUT2D eigenvalue weighted by Crippen LogP contribution is 2.20. The van der Waals surface area contributed by atoms with Crippen LogP contribution >= 0.6 is 0 Å². The molecule has 0 aromatic rings. The van der Waals surface area contributed by atoms with Crippen molar-refractivity contribution in [2.45, 2.75) is 39.7 Å². The van der Waals surface area contributed by atoms with E-state index in [0.717, 1.165) is 12.8 Å². The van der Waals surface area contributed by atoms with Crippen LogP contribution in [0.4, 0.5) is 4.79 Å². The van der Waals surface area contributed by atoms with E-state index in [-0.39, 0.29) is 11.5 Å². The fraction of sp³-hybridized carbons (Fsp3) is 0.889. The summed E-state index contributed by atoms with van der Waals surface area (Å²) in [6, 6.07) is 0.129. The van der Waals surface area contributed by atoms with E-state index in [1.54, 1.807) is 0 Å². The number of hydrogen-bond acceptors (Lipinski definition) is 3. The normalized spacial score (nSPS) is 13.8. The summed E-state index contributed by atoms with van der Waals surface area (Å²) in [7, 11) is 0. The van der Waals surface area contributed by atoms with Crippen LogP contribution in [0.15, 0.2) is 0 Å².